The van der Waals surface area contributed by atoms with Gasteiger partial charge in [0.25, 0.3) is 0 Å². The second-order valence-corrected chi connectivity index (χ2v) is 7.17. The summed E-state index contributed by atoms with van der Waals surface area (Å²) in [5.74, 6) is -0.696. The van der Waals surface area contributed by atoms with Crippen LogP contribution < -0.4 is 0 Å². The first-order valence-electron chi connectivity index (χ1n) is 7.86. The molecule has 1 saturated heterocycles. The van der Waals surface area contributed by atoms with Gasteiger partial charge in [-0.15, -0.1) is 0 Å². The van der Waals surface area contributed by atoms with Gasteiger partial charge in [-0.25, -0.2) is 0 Å². The van der Waals surface area contributed by atoms with Crippen LogP contribution in [-0.4, -0.2) is 34.3 Å². The van der Waals surface area contributed by atoms with Gasteiger partial charge in [-0.3, -0.25) is 19.3 Å². The predicted molar refractivity (Wildman–Crippen MR) is 77.3 cm³/mol. The molecule has 2 aliphatic rings. The summed E-state index contributed by atoms with van der Waals surface area (Å²) in [5.41, 5.74) is 0. The Balaban J connectivity index is 2.05. The van der Waals surface area contributed by atoms with Gasteiger partial charge in [-0.05, 0) is 37.0 Å². The van der Waals surface area contributed by atoms with Gasteiger partial charge in [0.15, 0.2) is 0 Å². The Hall–Kier alpha value is -1.39. The molecule has 0 aromatic rings. The van der Waals surface area contributed by atoms with Gasteiger partial charge < -0.3 is 5.11 Å². The van der Waals surface area contributed by atoms with Gasteiger partial charge in [0.05, 0.1) is 11.8 Å². The van der Waals surface area contributed by atoms with Crippen LogP contribution in [0.2, 0.25) is 0 Å². The number of carbonyl (C=O) groups is 3. The molecule has 3 unspecified atom stereocenters. The molecule has 5 nitrogen and oxygen atoms in total. The molecule has 0 aromatic carbocycles. The lowest BCUT2D eigenvalue weighted by molar-refractivity contribution is -0.144. The fourth-order valence-corrected chi connectivity index (χ4v) is 3.92. The number of nitrogens with zero attached hydrogens (tertiary/aromatic N) is 1. The zero-order chi connectivity index (χ0) is 15.7. The van der Waals surface area contributed by atoms with E-state index in [-0.39, 0.29) is 42.5 Å². The Morgan fingerprint density at radius 2 is 1.76 bits per heavy atom. The third-order valence-electron chi connectivity index (χ3n) is 4.67. The van der Waals surface area contributed by atoms with E-state index in [1.54, 1.807) is 0 Å². The van der Waals surface area contributed by atoms with E-state index in [1.807, 2.05) is 13.8 Å². The van der Waals surface area contributed by atoms with E-state index in [9.17, 15) is 14.4 Å². The second kappa shape index (κ2) is 6.16. The minimum Gasteiger partial charge on any atom is -0.481 e. The average Bonchev–Trinajstić information content (AvgIpc) is 2.82. The van der Waals surface area contributed by atoms with Crippen LogP contribution in [0, 0.1) is 29.6 Å². The molecule has 2 rings (SSSR count). The first kappa shape index (κ1) is 16.0. The highest BCUT2D eigenvalue weighted by molar-refractivity contribution is 6.05. The fourth-order valence-electron chi connectivity index (χ4n) is 3.92. The molecule has 0 spiro atoms. The number of fused-ring (bicyclic) bond motifs is 1. The van der Waals surface area contributed by atoms with Gasteiger partial charge in [-0.1, -0.05) is 20.8 Å². The third-order valence-corrected chi connectivity index (χ3v) is 4.67. The van der Waals surface area contributed by atoms with Crippen molar-refractivity contribution < 1.29 is 19.5 Å². The monoisotopic (exact) mass is 295 g/mol. The molecule has 2 amide bonds. The number of carboxylic acids is 1. The molecule has 0 aromatic heterocycles. The van der Waals surface area contributed by atoms with Crippen molar-refractivity contribution >= 4 is 17.8 Å². The number of rotatable bonds is 6. The summed E-state index contributed by atoms with van der Waals surface area (Å²) in [6.45, 7) is 6.40. The maximum absolute atomic E-state index is 12.4. The molecule has 1 heterocycles. The Kier molecular flexibility index (Phi) is 4.69. The predicted octanol–water partition coefficient (Wildman–Crippen LogP) is 2.15. The van der Waals surface area contributed by atoms with Crippen molar-refractivity contribution in [1.29, 1.82) is 0 Å². The number of aliphatic carboxylic acids is 1. The van der Waals surface area contributed by atoms with Crippen molar-refractivity contribution in [3.05, 3.63) is 0 Å². The maximum atomic E-state index is 12.4. The normalized spacial score (nSPS) is 30.1. The number of carbonyl (C=O) groups excluding carboxylic acids is 2. The van der Waals surface area contributed by atoms with E-state index < -0.39 is 5.97 Å². The van der Waals surface area contributed by atoms with Crippen LogP contribution in [0.25, 0.3) is 0 Å². The van der Waals surface area contributed by atoms with Crippen LogP contribution in [0.4, 0.5) is 0 Å². The molecule has 1 aliphatic carbocycles. The van der Waals surface area contributed by atoms with Crippen LogP contribution in [0.1, 0.15) is 46.5 Å². The van der Waals surface area contributed by atoms with E-state index >= 15 is 0 Å². The van der Waals surface area contributed by atoms with Gasteiger partial charge in [0, 0.05) is 13.0 Å². The van der Waals surface area contributed by atoms with E-state index in [0.29, 0.717) is 11.8 Å². The number of likely N-dealkylation sites (tertiary alicyclic amines) is 1. The van der Waals surface area contributed by atoms with Crippen LogP contribution >= 0.6 is 0 Å². The molecule has 2 fully saturated rings. The van der Waals surface area contributed by atoms with E-state index in [1.165, 1.54) is 4.90 Å². The summed E-state index contributed by atoms with van der Waals surface area (Å²) < 4.78 is 0. The Morgan fingerprint density at radius 1 is 1.24 bits per heavy atom. The fraction of sp³-hybridized carbons (Fsp3) is 0.812. The van der Waals surface area contributed by atoms with Crippen LogP contribution in [0.3, 0.4) is 0 Å². The lowest BCUT2D eigenvalue weighted by atomic mass is 9.93. The van der Waals surface area contributed by atoms with Crippen molar-refractivity contribution in [3.63, 3.8) is 0 Å². The van der Waals surface area contributed by atoms with Crippen molar-refractivity contribution in [2.45, 2.75) is 46.5 Å². The Labute approximate surface area is 125 Å². The Bertz CT molecular complexity index is 422. The molecule has 5 heteroatoms. The minimum absolute atomic E-state index is 0.0149. The lowest BCUT2D eigenvalue weighted by Gasteiger charge is -2.24. The van der Waals surface area contributed by atoms with Crippen molar-refractivity contribution in [2.24, 2.45) is 29.6 Å². The highest BCUT2D eigenvalue weighted by Gasteiger charge is 2.51. The molecule has 21 heavy (non-hydrogen) atoms. The molecule has 0 bridgehead atoms. The maximum Gasteiger partial charge on any atom is 0.303 e. The highest BCUT2D eigenvalue weighted by atomic mass is 16.4. The van der Waals surface area contributed by atoms with Crippen molar-refractivity contribution in [3.8, 4) is 0 Å². The third kappa shape index (κ3) is 3.44. The van der Waals surface area contributed by atoms with E-state index in [0.717, 1.165) is 19.3 Å². The lowest BCUT2D eigenvalue weighted by Crippen LogP contribution is -2.37. The number of imide groups is 1. The molecule has 0 radical (unpaired) electrons. The van der Waals surface area contributed by atoms with Gasteiger partial charge in [0.2, 0.25) is 11.8 Å². The van der Waals surface area contributed by atoms with Crippen LogP contribution in [0.15, 0.2) is 0 Å². The Morgan fingerprint density at radius 3 is 2.19 bits per heavy atom. The zero-order valence-electron chi connectivity index (χ0n) is 13.0. The highest BCUT2D eigenvalue weighted by Crippen LogP contribution is 2.43. The van der Waals surface area contributed by atoms with Gasteiger partial charge >= 0.3 is 5.97 Å². The molecule has 1 saturated carbocycles. The summed E-state index contributed by atoms with van der Waals surface area (Å²) in [6, 6.07) is 0. The molecule has 3 atom stereocenters. The number of hydrogen-bond donors (Lipinski definition) is 1. The zero-order valence-corrected chi connectivity index (χ0v) is 13.0. The summed E-state index contributed by atoms with van der Waals surface area (Å²) in [5, 5.41) is 9.01. The largest absolute Gasteiger partial charge is 0.481 e. The average molecular weight is 295 g/mol. The SMILES string of the molecule is CC(C)CC(CC(=O)O)CN1C(=O)C2CC(C)CC2C1=O. The van der Waals surface area contributed by atoms with Crippen LogP contribution in [0.5, 0.6) is 0 Å². The standard InChI is InChI=1S/C16H25NO4/c1-9(2)4-11(7-14(18)19)8-17-15(20)12-5-10(3)6-13(12)16(17)21/h9-13H,4-8H2,1-3H3,(H,18,19). The topological polar surface area (TPSA) is 74.7 Å². The second-order valence-electron chi connectivity index (χ2n) is 7.17. The summed E-state index contributed by atoms with van der Waals surface area (Å²) in [7, 11) is 0. The van der Waals surface area contributed by atoms with Crippen LogP contribution in [-0.2, 0) is 14.4 Å². The molecule has 118 valence electrons. The smallest absolute Gasteiger partial charge is 0.303 e. The van der Waals surface area contributed by atoms with Crippen molar-refractivity contribution in [2.75, 3.05) is 6.54 Å². The first-order chi connectivity index (χ1) is 9.79. The summed E-state index contributed by atoms with van der Waals surface area (Å²) in [6.07, 6.45) is 2.31. The minimum atomic E-state index is -0.867. The molecule has 1 aliphatic heterocycles. The summed E-state index contributed by atoms with van der Waals surface area (Å²) in [4.78, 5) is 37.1. The van der Waals surface area contributed by atoms with Crippen molar-refractivity contribution in [1.82, 2.24) is 4.90 Å². The number of amides is 2. The molecular formula is C16H25NO4. The van der Waals surface area contributed by atoms with E-state index in [4.69, 9.17) is 5.11 Å². The van der Waals surface area contributed by atoms with Gasteiger partial charge in [0.1, 0.15) is 0 Å². The number of carboxylic acid groups (broad SMARTS) is 1. The summed E-state index contributed by atoms with van der Waals surface area (Å²) >= 11 is 0. The quantitative estimate of drug-likeness (QED) is 0.762. The first-order valence-corrected chi connectivity index (χ1v) is 7.86. The molecular weight excluding hydrogens is 270 g/mol. The molecule has 1 N–H and O–H groups in total. The number of hydrogen-bond acceptors (Lipinski definition) is 3. The van der Waals surface area contributed by atoms with Gasteiger partial charge in [-0.2, -0.15) is 0 Å². The van der Waals surface area contributed by atoms with E-state index in [2.05, 4.69) is 6.92 Å².